The number of nitrogens with zero attached hydrogens (tertiary/aromatic N) is 3. The quantitative estimate of drug-likeness (QED) is 0.893. The lowest BCUT2D eigenvalue weighted by molar-refractivity contribution is 0.0852. The van der Waals surface area contributed by atoms with Crippen LogP contribution >= 0.6 is 0 Å². The summed E-state index contributed by atoms with van der Waals surface area (Å²) >= 11 is 0. The van der Waals surface area contributed by atoms with E-state index in [2.05, 4.69) is 9.97 Å². The highest BCUT2D eigenvalue weighted by Crippen LogP contribution is 2.26. The summed E-state index contributed by atoms with van der Waals surface area (Å²) in [5.74, 6) is 1.27. The standard InChI is InChI=1S/C14H24N4O/c1-14(2,15)10-18(3)13-16-8-12(9-17-13)11-4-6-19-7-5-11/h8-9,11H,4-7,10,15H2,1-3H3. The van der Waals surface area contributed by atoms with Gasteiger partial charge >= 0.3 is 0 Å². The van der Waals surface area contributed by atoms with E-state index in [9.17, 15) is 0 Å². The van der Waals surface area contributed by atoms with Gasteiger partial charge in [-0.25, -0.2) is 9.97 Å². The van der Waals surface area contributed by atoms with Crippen LogP contribution in [0.4, 0.5) is 5.95 Å². The first-order chi connectivity index (χ1) is 8.96. The molecule has 1 saturated heterocycles. The van der Waals surface area contributed by atoms with Crippen molar-refractivity contribution in [3.63, 3.8) is 0 Å². The maximum Gasteiger partial charge on any atom is 0.225 e. The first-order valence-electron chi connectivity index (χ1n) is 6.85. The Kier molecular flexibility index (Phi) is 4.37. The maximum absolute atomic E-state index is 6.01. The van der Waals surface area contributed by atoms with Crippen molar-refractivity contribution in [3.05, 3.63) is 18.0 Å². The normalized spacial score (nSPS) is 17.5. The minimum absolute atomic E-state index is 0.252. The summed E-state index contributed by atoms with van der Waals surface area (Å²) in [4.78, 5) is 10.9. The van der Waals surface area contributed by atoms with Gasteiger partial charge in [0.1, 0.15) is 0 Å². The molecule has 1 aliphatic rings. The third kappa shape index (κ3) is 4.14. The van der Waals surface area contributed by atoms with Gasteiger partial charge in [0.25, 0.3) is 0 Å². The van der Waals surface area contributed by atoms with Crippen molar-refractivity contribution >= 4 is 5.95 Å². The summed E-state index contributed by atoms with van der Waals surface area (Å²) in [6.07, 6.45) is 6.01. The van der Waals surface area contributed by atoms with Gasteiger partial charge in [-0.1, -0.05) is 0 Å². The van der Waals surface area contributed by atoms with Crippen molar-refractivity contribution in [1.82, 2.24) is 9.97 Å². The van der Waals surface area contributed by atoms with E-state index < -0.39 is 0 Å². The molecule has 0 bridgehead atoms. The van der Waals surface area contributed by atoms with Crippen molar-refractivity contribution in [2.75, 3.05) is 31.7 Å². The van der Waals surface area contributed by atoms with Crippen molar-refractivity contribution in [3.8, 4) is 0 Å². The third-order valence-corrected chi connectivity index (χ3v) is 3.34. The summed E-state index contributed by atoms with van der Waals surface area (Å²) in [7, 11) is 1.97. The van der Waals surface area contributed by atoms with Gasteiger partial charge in [0.05, 0.1) is 0 Å². The Morgan fingerprint density at radius 2 is 1.89 bits per heavy atom. The lowest BCUT2D eigenvalue weighted by atomic mass is 9.94. The molecule has 0 saturated carbocycles. The zero-order valence-corrected chi connectivity index (χ0v) is 12.1. The molecular formula is C14H24N4O. The zero-order valence-electron chi connectivity index (χ0n) is 12.1. The lowest BCUT2D eigenvalue weighted by Gasteiger charge is -2.27. The van der Waals surface area contributed by atoms with Crippen LogP contribution in [0.5, 0.6) is 0 Å². The van der Waals surface area contributed by atoms with Gasteiger partial charge in [-0.3, -0.25) is 0 Å². The van der Waals surface area contributed by atoms with Crippen LogP contribution in [0.25, 0.3) is 0 Å². The minimum Gasteiger partial charge on any atom is -0.381 e. The molecule has 2 N–H and O–H groups in total. The van der Waals surface area contributed by atoms with Gasteiger partial charge in [-0.05, 0) is 38.2 Å². The second-order valence-corrected chi connectivity index (χ2v) is 6.05. The monoisotopic (exact) mass is 264 g/mol. The second kappa shape index (κ2) is 5.84. The largest absolute Gasteiger partial charge is 0.381 e. The van der Waals surface area contributed by atoms with Crippen LogP contribution in [0.1, 0.15) is 38.2 Å². The molecule has 19 heavy (non-hydrogen) atoms. The molecule has 5 nitrogen and oxygen atoms in total. The SMILES string of the molecule is CN(CC(C)(C)N)c1ncc(C2CCOCC2)cn1. The van der Waals surface area contributed by atoms with Crippen molar-refractivity contribution in [2.45, 2.75) is 38.1 Å². The van der Waals surface area contributed by atoms with Gasteiger partial charge in [-0.2, -0.15) is 0 Å². The smallest absolute Gasteiger partial charge is 0.225 e. The molecule has 0 aliphatic carbocycles. The topological polar surface area (TPSA) is 64.3 Å². The highest BCUT2D eigenvalue weighted by molar-refractivity contribution is 5.30. The molecule has 1 aromatic heterocycles. The fourth-order valence-electron chi connectivity index (χ4n) is 2.45. The Balaban J connectivity index is 2.01. The number of aromatic nitrogens is 2. The molecular weight excluding hydrogens is 240 g/mol. The molecule has 2 heterocycles. The molecule has 1 aromatic rings. The van der Waals surface area contributed by atoms with Gasteiger partial charge in [0.15, 0.2) is 0 Å². The number of ether oxygens (including phenoxy) is 1. The average Bonchev–Trinajstić information content (AvgIpc) is 2.38. The van der Waals surface area contributed by atoms with E-state index in [4.69, 9.17) is 10.5 Å². The molecule has 0 unspecified atom stereocenters. The minimum atomic E-state index is -0.252. The fraction of sp³-hybridized carbons (Fsp3) is 0.714. The number of anilines is 1. The number of hydrogen-bond donors (Lipinski definition) is 1. The molecule has 5 heteroatoms. The summed E-state index contributed by atoms with van der Waals surface area (Å²) in [6, 6.07) is 0. The summed E-state index contributed by atoms with van der Waals surface area (Å²) in [5, 5.41) is 0. The lowest BCUT2D eigenvalue weighted by Crippen LogP contribution is -2.44. The van der Waals surface area contributed by atoms with Crippen LogP contribution in [0.3, 0.4) is 0 Å². The molecule has 1 fully saturated rings. The van der Waals surface area contributed by atoms with Crippen LogP contribution in [0.15, 0.2) is 12.4 Å². The van der Waals surface area contributed by atoms with Gasteiger partial charge in [0, 0.05) is 44.7 Å². The number of likely N-dealkylation sites (N-methyl/N-ethyl adjacent to an activating group) is 1. The van der Waals surface area contributed by atoms with Crippen molar-refractivity contribution < 1.29 is 4.74 Å². The van der Waals surface area contributed by atoms with Crippen LogP contribution in [-0.2, 0) is 4.74 Å². The molecule has 2 rings (SSSR count). The molecule has 0 atom stereocenters. The predicted octanol–water partition coefficient (Wildman–Crippen LogP) is 1.54. The molecule has 0 spiro atoms. The van der Waals surface area contributed by atoms with E-state index in [1.165, 1.54) is 5.56 Å². The second-order valence-electron chi connectivity index (χ2n) is 6.05. The van der Waals surface area contributed by atoms with Gasteiger partial charge in [0.2, 0.25) is 5.95 Å². The zero-order chi connectivity index (χ0) is 13.9. The van der Waals surface area contributed by atoms with E-state index in [1.54, 1.807) is 0 Å². The van der Waals surface area contributed by atoms with Crippen LogP contribution in [0, 0.1) is 0 Å². The van der Waals surface area contributed by atoms with Crippen molar-refractivity contribution in [1.29, 1.82) is 0 Å². The van der Waals surface area contributed by atoms with Gasteiger partial charge in [-0.15, -0.1) is 0 Å². The molecule has 1 aliphatic heterocycles. The number of hydrogen-bond acceptors (Lipinski definition) is 5. The maximum atomic E-state index is 6.01. The fourth-order valence-corrected chi connectivity index (χ4v) is 2.45. The Hall–Kier alpha value is -1.20. The Morgan fingerprint density at radius 1 is 1.32 bits per heavy atom. The molecule has 0 aromatic carbocycles. The third-order valence-electron chi connectivity index (χ3n) is 3.34. The first kappa shape index (κ1) is 14.2. The Morgan fingerprint density at radius 3 is 2.42 bits per heavy atom. The van der Waals surface area contributed by atoms with Gasteiger partial charge < -0.3 is 15.4 Å². The molecule has 106 valence electrons. The van der Waals surface area contributed by atoms with Crippen molar-refractivity contribution in [2.24, 2.45) is 5.73 Å². The summed E-state index contributed by atoms with van der Waals surface area (Å²) in [5.41, 5.74) is 6.97. The van der Waals surface area contributed by atoms with E-state index in [-0.39, 0.29) is 5.54 Å². The number of nitrogens with two attached hydrogens (primary N) is 1. The summed E-state index contributed by atoms with van der Waals surface area (Å²) in [6.45, 7) is 6.41. The summed E-state index contributed by atoms with van der Waals surface area (Å²) < 4.78 is 5.38. The molecule has 0 radical (unpaired) electrons. The average molecular weight is 264 g/mol. The predicted molar refractivity (Wildman–Crippen MR) is 76.4 cm³/mol. The Bertz CT molecular complexity index is 393. The molecule has 0 amide bonds. The van der Waals surface area contributed by atoms with E-state index in [1.807, 2.05) is 38.2 Å². The van der Waals surface area contributed by atoms with E-state index >= 15 is 0 Å². The van der Waals surface area contributed by atoms with Crippen LogP contribution in [-0.4, -0.2) is 42.3 Å². The highest BCUT2D eigenvalue weighted by atomic mass is 16.5. The van der Waals surface area contributed by atoms with E-state index in [0.29, 0.717) is 5.92 Å². The highest BCUT2D eigenvalue weighted by Gasteiger charge is 2.18. The first-order valence-corrected chi connectivity index (χ1v) is 6.85. The van der Waals surface area contributed by atoms with Crippen LogP contribution in [0.2, 0.25) is 0 Å². The Labute approximate surface area is 115 Å². The van der Waals surface area contributed by atoms with Crippen LogP contribution < -0.4 is 10.6 Å². The number of rotatable bonds is 4. The van der Waals surface area contributed by atoms with E-state index in [0.717, 1.165) is 38.5 Å².